The van der Waals surface area contributed by atoms with Gasteiger partial charge in [-0.2, -0.15) is 0 Å². The lowest BCUT2D eigenvalue weighted by Crippen LogP contribution is -2.11. The second-order valence-corrected chi connectivity index (χ2v) is 5.13. The van der Waals surface area contributed by atoms with Crippen LogP contribution in [0.25, 0.3) is 21.8 Å². The zero-order valence-corrected chi connectivity index (χ0v) is 10.9. The van der Waals surface area contributed by atoms with E-state index in [-0.39, 0.29) is 6.04 Å². The Morgan fingerprint density at radius 1 is 0.700 bits per heavy atom. The molecule has 0 saturated heterocycles. The van der Waals surface area contributed by atoms with Gasteiger partial charge in [-0.15, -0.1) is 0 Å². The molecule has 0 spiro atoms. The first-order valence-electron chi connectivity index (χ1n) is 6.71. The number of aromatic amines is 2. The molecule has 4 aromatic rings. The van der Waals surface area contributed by atoms with Gasteiger partial charge in [-0.05, 0) is 58.3 Å². The van der Waals surface area contributed by atoms with Gasteiger partial charge in [0, 0.05) is 23.4 Å². The number of nitrogens with two attached hydrogens (primary N) is 1. The standard InChI is InChI=1S/C17H15N3/c18-17(13-1-3-15-11(9-13)5-7-19-15)14-2-4-16-12(10-14)6-8-20-16/h1-10,17,19-20H,18H2. The monoisotopic (exact) mass is 261 g/mol. The predicted octanol–water partition coefficient (Wildman–Crippen LogP) is 3.70. The zero-order valence-electron chi connectivity index (χ0n) is 10.9. The molecule has 0 atom stereocenters. The van der Waals surface area contributed by atoms with E-state index in [1.54, 1.807) is 0 Å². The molecule has 0 unspecified atom stereocenters. The van der Waals surface area contributed by atoms with Gasteiger partial charge in [0.2, 0.25) is 0 Å². The number of nitrogens with one attached hydrogen (secondary N) is 2. The number of aromatic nitrogens is 2. The van der Waals surface area contributed by atoms with Crippen LogP contribution in [-0.4, -0.2) is 9.97 Å². The highest BCUT2D eigenvalue weighted by Gasteiger charge is 2.10. The van der Waals surface area contributed by atoms with Gasteiger partial charge in [0.05, 0.1) is 6.04 Å². The Morgan fingerprint density at radius 3 is 1.70 bits per heavy atom. The molecule has 0 bridgehead atoms. The average molecular weight is 261 g/mol. The van der Waals surface area contributed by atoms with Crippen molar-refractivity contribution in [3.8, 4) is 0 Å². The summed E-state index contributed by atoms with van der Waals surface area (Å²) in [7, 11) is 0. The number of H-pyrrole nitrogens is 2. The van der Waals surface area contributed by atoms with Crippen molar-refractivity contribution in [3.05, 3.63) is 72.1 Å². The van der Waals surface area contributed by atoms with Crippen LogP contribution in [0.2, 0.25) is 0 Å². The fourth-order valence-corrected chi connectivity index (χ4v) is 2.72. The summed E-state index contributed by atoms with van der Waals surface area (Å²) >= 11 is 0. The van der Waals surface area contributed by atoms with Crippen molar-refractivity contribution in [3.63, 3.8) is 0 Å². The lowest BCUT2D eigenvalue weighted by molar-refractivity contribution is 0.875. The molecule has 2 heterocycles. The Morgan fingerprint density at radius 2 is 1.20 bits per heavy atom. The average Bonchev–Trinajstić information content (AvgIpc) is 3.13. The number of benzene rings is 2. The molecule has 3 heteroatoms. The molecule has 0 fully saturated rings. The van der Waals surface area contributed by atoms with Gasteiger partial charge in [0.25, 0.3) is 0 Å². The second kappa shape index (κ2) is 4.25. The minimum Gasteiger partial charge on any atom is -0.361 e. The Hall–Kier alpha value is -2.52. The summed E-state index contributed by atoms with van der Waals surface area (Å²) in [6, 6.07) is 16.7. The van der Waals surface area contributed by atoms with Crippen LogP contribution in [0.4, 0.5) is 0 Å². The molecule has 4 rings (SSSR count). The van der Waals surface area contributed by atoms with Crippen molar-refractivity contribution in [2.75, 3.05) is 0 Å². The third kappa shape index (κ3) is 1.72. The predicted molar refractivity (Wildman–Crippen MR) is 82.6 cm³/mol. The van der Waals surface area contributed by atoms with Crippen LogP contribution in [0.15, 0.2) is 60.9 Å². The zero-order chi connectivity index (χ0) is 13.5. The van der Waals surface area contributed by atoms with Crippen LogP contribution < -0.4 is 5.73 Å². The number of rotatable bonds is 2. The van der Waals surface area contributed by atoms with Crippen LogP contribution in [0.5, 0.6) is 0 Å². The Balaban J connectivity index is 1.79. The van der Waals surface area contributed by atoms with E-state index in [0.717, 1.165) is 22.2 Å². The molecule has 0 aliphatic rings. The molecule has 4 N–H and O–H groups in total. The third-order valence-electron chi connectivity index (χ3n) is 3.87. The Bertz CT molecular complexity index is 811. The topological polar surface area (TPSA) is 57.6 Å². The van der Waals surface area contributed by atoms with Crippen molar-refractivity contribution >= 4 is 21.8 Å². The van der Waals surface area contributed by atoms with Crippen molar-refractivity contribution < 1.29 is 0 Å². The largest absolute Gasteiger partial charge is 0.361 e. The maximum atomic E-state index is 6.42. The minimum absolute atomic E-state index is 0.103. The third-order valence-corrected chi connectivity index (χ3v) is 3.87. The van der Waals surface area contributed by atoms with Crippen molar-refractivity contribution in [1.29, 1.82) is 0 Å². The Labute approximate surface area is 116 Å². The van der Waals surface area contributed by atoms with E-state index in [1.165, 1.54) is 10.8 Å². The smallest absolute Gasteiger partial charge is 0.0552 e. The molecular weight excluding hydrogens is 246 g/mol. The Kier molecular flexibility index (Phi) is 2.41. The van der Waals surface area contributed by atoms with E-state index in [1.807, 2.05) is 12.4 Å². The van der Waals surface area contributed by atoms with Gasteiger partial charge in [-0.3, -0.25) is 0 Å². The maximum Gasteiger partial charge on any atom is 0.0552 e. The molecule has 0 saturated carbocycles. The van der Waals surface area contributed by atoms with Crippen LogP contribution in [-0.2, 0) is 0 Å². The van der Waals surface area contributed by atoms with Crippen molar-refractivity contribution in [1.82, 2.24) is 9.97 Å². The summed E-state index contributed by atoms with van der Waals surface area (Å²) < 4.78 is 0. The van der Waals surface area contributed by atoms with E-state index < -0.39 is 0 Å². The van der Waals surface area contributed by atoms with Crippen LogP contribution in [0.1, 0.15) is 17.2 Å². The van der Waals surface area contributed by atoms with E-state index in [0.29, 0.717) is 0 Å². The van der Waals surface area contributed by atoms with E-state index in [9.17, 15) is 0 Å². The maximum absolute atomic E-state index is 6.42. The van der Waals surface area contributed by atoms with Gasteiger partial charge in [-0.1, -0.05) is 12.1 Å². The molecule has 0 amide bonds. The molecule has 2 aromatic carbocycles. The summed E-state index contributed by atoms with van der Waals surface area (Å²) in [5.74, 6) is 0. The van der Waals surface area contributed by atoms with E-state index in [4.69, 9.17) is 5.73 Å². The highest BCUT2D eigenvalue weighted by molar-refractivity contribution is 5.81. The summed E-state index contributed by atoms with van der Waals surface area (Å²) in [5, 5.41) is 2.39. The first-order valence-corrected chi connectivity index (χ1v) is 6.71. The molecule has 20 heavy (non-hydrogen) atoms. The molecule has 2 aromatic heterocycles. The first-order chi connectivity index (χ1) is 9.81. The first kappa shape index (κ1) is 11.3. The SMILES string of the molecule is NC(c1ccc2[nH]ccc2c1)c1ccc2[nH]ccc2c1. The molecular formula is C17H15N3. The second-order valence-electron chi connectivity index (χ2n) is 5.13. The number of fused-ring (bicyclic) bond motifs is 2. The fraction of sp³-hybridized carbons (Fsp3) is 0.0588. The van der Waals surface area contributed by atoms with Gasteiger partial charge >= 0.3 is 0 Å². The van der Waals surface area contributed by atoms with E-state index >= 15 is 0 Å². The summed E-state index contributed by atoms with van der Waals surface area (Å²) in [6.07, 6.45) is 3.90. The van der Waals surface area contributed by atoms with Gasteiger partial charge in [-0.25, -0.2) is 0 Å². The molecule has 0 aliphatic heterocycles. The van der Waals surface area contributed by atoms with Gasteiger partial charge in [0.1, 0.15) is 0 Å². The quantitative estimate of drug-likeness (QED) is 0.506. The minimum atomic E-state index is -0.103. The lowest BCUT2D eigenvalue weighted by Gasteiger charge is -2.13. The molecule has 3 nitrogen and oxygen atoms in total. The number of hydrogen-bond donors (Lipinski definition) is 3. The fourth-order valence-electron chi connectivity index (χ4n) is 2.72. The van der Waals surface area contributed by atoms with Gasteiger partial charge < -0.3 is 15.7 Å². The highest BCUT2D eigenvalue weighted by Crippen LogP contribution is 2.25. The van der Waals surface area contributed by atoms with Gasteiger partial charge in [0.15, 0.2) is 0 Å². The number of hydrogen-bond acceptors (Lipinski definition) is 1. The van der Waals surface area contributed by atoms with Crippen molar-refractivity contribution in [2.24, 2.45) is 5.73 Å². The van der Waals surface area contributed by atoms with Crippen LogP contribution in [0.3, 0.4) is 0 Å². The summed E-state index contributed by atoms with van der Waals surface area (Å²) in [4.78, 5) is 6.40. The molecule has 0 radical (unpaired) electrons. The lowest BCUT2D eigenvalue weighted by atomic mass is 9.97. The van der Waals surface area contributed by atoms with Crippen LogP contribution in [0, 0.1) is 0 Å². The summed E-state index contributed by atoms with van der Waals surface area (Å²) in [6.45, 7) is 0. The molecule has 98 valence electrons. The highest BCUT2D eigenvalue weighted by atomic mass is 14.7. The summed E-state index contributed by atoms with van der Waals surface area (Å²) in [5.41, 5.74) is 11.0. The van der Waals surface area contributed by atoms with Crippen molar-refractivity contribution in [2.45, 2.75) is 6.04 Å². The molecule has 0 aliphatic carbocycles. The van der Waals surface area contributed by atoms with Crippen LogP contribution >= 0.6 is 0 Å². The van der Waals surface area contributed by atoms with E-state index in [2.05, 4.69) is 58.5 Å². The normalized spacial score (nSPS) is 11.7.